The number of amides is 2. The number of carbonyl (C=O) groups excluding carboxylic acids is 2. The van der Waals surface area contributed by atoms with E-state index in [1.165, 1.54) is 9.47 Å². The number of nitrogens with one attached hydrogen (secondary N) is 2. The molecule has 11 nitrogen and oxygen atoms in total. The lowest BCUT2D eigenvalue weighted by Gasteiger charge is -2.27. The molecule has 1 aliphatic heterocycles. The van der Waals surface area contributed by atoms with E-state index in [1.807, 2.05) is 36.4 Å². The molecule has 176 valence electrons. The fraction of sp³-hybridized carbons (Fsp3) is 0.261. The molecule has 1 aliphatic rings. The van der Waals surface area contributed by atoms with E-state index in [2.05, 4.69) is 15.5 Å². The molecule has 2 aromatic carbocycles. The number of carbonyl (C=O) groups is 2. The van der Waals surface area contributed by atoms with Gasteiger partial charge in [-0.05, 0) is 29.8 Å². The normalized spacial score (nSPS) is 12.6. The Hall–Kier alpha value is -4.25. The van der Waals surface area contributed by atoms with Gasteiger partial charge in [0.05, 0.1) is 19.8 Å². The highest BCUT2D eigenvalue weighted by Gasteiger charge is 2.27. The molecule has 3 aromatic rings. The molecule has 0 fully saturated rings. The second-order valence-corrected chi connectivity index (χ2v) is 7.52. The number of para-hydroxylation sites is 1. The molecule has 2 amide bonds. The smallest absolute Gasteiger partial charge is 0.330 e. The lowest BCUT2D eigenvalue weighted by atomic mass is 10.2. The number of hydrogen-bond acceptors (Lipinski definition) is 7. The van der Waals surface area contributed by atoms with Crippen LogP contribution in [0.2, 0.25) is 0 Å². The highest BCUT2D eigenvalue weighted by atomic mass is 16.5. The minimum Gasteiger partial charge on any atom is -0.491 e. The van der Waals surface area contributed by atoms with Crippen molar-refractivity contribution in [1.82, 2.24) is 19.7 Å². The predicted octanol–water partition coefficient (Wildman–Crippen LogP) is 0.508. The fourth-order valence-electron chi connectivity index (χ4n) is 3.45. The van der Waals surface area contributed by atoms with Crippen LogP contribution in [0.15, 0.2) is 64.2 Å². The van der Waals surface area contributed by atoms with Crippen molar-refractivity contribution in [2.75, 3.05) is 25.1 Å². The van der Waals surface area contributed by atoms with Crippen molar-refractivity contribution in [3.63, 3.8) is 0 Å². The van der Waals surface area contributed by atoms with Crippen molar-refractivity contribution in [3.05, 3.63) is 86.7 Å². The van der Waals surface area contributed by atoms with Gasteiger partial charge in [-0.15, -0.1) is 0 Å². The van der Waals surface area contributed by atoms with Gasteiger partial charge in [0.2, 0.25) is 0 Å². The maximum atomic E-state index is 12.6. The van der Waals surface area contributed by atoms with Crippen LogP contribution < -0.4 is 21.2 Å². The second kappa shape index (κ2) is 10.6. The molecule has 0 unspecified atom stereocenters. The Morgan fingerprint density at radius 2 is 1.85 bits per heavy atom. The van der Waals surface area contributed by atoms with Gasteiger partial charge in [-0.2, -0.15) is 5.10 Å². The van der Waals surface area contributed by atoms with E-state index in [-0.39, 0.29) is 25.5 Å². The van der Waals surface area contributed by atoms with Crippen molar-refractivity contribution < 1.29 is 19.1 Å². The van der Waals surface area contributed by atoms with Gasteiger partial charge in [0.15, 0.2) is 5.82 Å². The Morgan fingerprint density at radius 3 is 2.68 bits per heavy atom. The molecule has 0 saturated heterocycles. The molecule has 0 radical (unpaired) electrons. The van der Waals surface area contributed by atoms with Gasteiger partial charge in [-0.25, -0.2) is 5.10 Å². The van der Waals surface area contributed by atoms with E-state index in [9.17, 15) is 19.2 Å². The number of rotatable bonds is 7. The monoisotopic (exact) mass is 465 g/mol. The zero-order valence-corrected chi connectivity index (χ0v) is 18.2. The van der Waals surface area contributed by atoms with E-state index in [4.69, 9.17) is 9.47 Å². The van der Waals surface area contributed by atoms with Crippen molar-refractivity contribution in [3.8, 4) is 5.75 Å². The fourth-order valence-corrected chi connectivity index (χ4v) is 3.45. The first-order valence-electron chi connectivity index (χ1n) is 10.6. The SMILES string of the molecule is O=C(Nc1cccc(COCCOc2ccccc2)c1)C(=O)N1CCn2c(n[nH]c(=O)c2=O)C1. The molecule has 0 saturated carbocycles. The lowest BCUT2D eigenvalue weighted by molar-refractivity contribution is -0.144. The average Bonchev–Trinajstić information content (AvgIpc) is 2.86. The molecule has 2 heterocycles. The number of H-pyrrole nitrogens is 1. The molecule has 34 heavy (non-hydrogen) atoms. The molecule has 0 atom stereocenters. The molecule has 11 heteroatoms. The molecule has 0 spiro atoms. The summed E-state index contributed by atoms with van der Waals surface area (Å²) in [5.41, 5.74) is -0.276. The zero-order chi connectivity index (χ0) is 23.9. The highest BCUT2D eigenvalue weighted by Crippen LogP contribution is 2.13. The minimum absolute atomic E-state index is 0.0583. The quantitative estimate of drug-likeness (QED) is 0.383. The number of ether oxygens (including phenoxy) is 2. The zero-order valence-electron chi connectivity index (χ0n) is 18.2. The van der Waals surface area contributed by atoms with E-state index in [1.54, 1.807) is 18.2 Å². The summed E-state index contributed by atoms with van der Waals surface area (Å²) in [4.78, 5) is 49.6. The van der Waals surface area contributed by atoms with Crippen LogP contribution in [-0.4, -0.2) is 51.2 Å². The standard InChI is InChI=1S/C23H23N5O6/c29-20(22(31)27-9-10-28-19(14-27)25-26-21(30)23(28)32)24-17-6-4-5-16(13-17)15-33-11-12-34-18-7-2-1-3-8-18/h1-8,13H,9-12,14-15H2,(H,24,29)(H,26,30). The molecule has 2 N–H and O–H groups in total. The van der Waals surface area contributed by atoms with Crippen molar-refractivity contribution in [2.24, 2.45) is 0 Å². The predicted molar refractivity (Wildman–Crippen MR) is 121 cm³/mol. The van der Waals surface area contributed by atoms with Gasteiger partial charge in [0, 0.05) is 18.8 Å². The van der Waals surface area contributed by atoms with E-state index in [0.29, 0.717) is 25.5 Å². The maximum Gasteiger partial charge on any atom is 0.330 e. The van der Waals surface area contributed by atoms with E-state index in [0.717, 1.165) is 11.3 Å². The topological polar surface area (TPSA) is 136 Å². The Balaban J connectivity index is 1.27. The van der Waals surface area contributed by atoms with Crippen molar-refractivity contribution in [2.45, 2.75) is 19.7 Å². The summed E-state index contributed by atoms with van der Waals surface area (Å²) in [6.07, 6.45) is 0. The summed E-state index contributed by atoms with van der Waals surface area (Å²) < 4.78 is 12.4. The lowest BCUT2D eigenvalue weighted by Crippen LogP contribution is -2.49. The van der Waals surface area contributed by atoms with Crippen molar-refractivity contribution in [1.29, 1.82) is 0 Å². The van der Waals surface area contributed by atoms with E-state index >= 15 is 0 Å². The summed E-state index contributed by atoms with van der Waals surface area (Å²) >= 11 is 0. The molecule has 0 aliphatic carbocycles. The largest absolute Gasteiger partial charge is 0.491 e. The third-order valence-electron chi connectivity index (χ3n) is 5.14. The first kappa shape index (κ1) is 22.9. The van der Waals surface area contributed by atoms with Crippen LogP contribution >= 0.6 is 0 Å². The number of anilines is 1. The minimum atomic E-state index is -0.825. The Kier molecular flexibility index (Phi) is 7.13. The Labute approximate surface area is 193 Å². The molecule has 1 aromatic heterocycles. The number of fused-ring (bicyclic) bond motifs is 1. The van der Waals surface area contributed by atoms with Crippen LogP contribution in [0, 0.1) is 0 Å². The summed E-state index contributed by atoms with van der Waals surface area (Å²) in [6, 6.07) is 16.4. The molecule has 0 bridgehead atoms. The first-order valence-corrected chi connectivity index (χ1v) is 10.6. The van der Waals surface area contributed by atoms with Gasteiger partial charge in [-0.3, -0.25) is 23.7 Å². The van der Waals surface area contributed by atoms with Crippen molar-refractivity contribution >= 4 is 17.5 Å². The van der Waals surface area contributed by atoms with Crippen LogP contribution in [0.5, 0.6) is 5.75 Å². The summed E-state index contributed by atoms with van der Waals surface area (Å²) in [5, 5.41) is 8.49. The number of benzene rings is 2. The van der Waals surface area contributed by atoms with E-state index < -0.39 is 22.9 Å². The second-order valence-electron chi connectivity index (χ2n) is 7.52. The Morgan fingerprint density at radius 1 is 1.03 bits per heavy atom. The van der Waals surface area contributed by atoms with Crippen LogP contribution in [0.3, 0.4) is 0 Å². The summed E-state index contributed by atoms with van der Waals surface area (Å²) in [6.45, 7) is 1.26. The van der Waals surface area contributed by atoms with Crippen LogP contribution in [-0.2, 0) is 34.0 Å². The number of hydrogen-bond donors (Lipinski definition) is 2. The maximum absolute atomic E-state index is 12.6. The van der Waals surface area contributed by atoms with Crippen LogP contribution in [0.1, 0.15) is 11.4 Å². The molecular weight excluding hydrogens is 442 g/mol. The highest BCUT2D eigenvalue weighted by molar-refractivity contribution is 6.39. The van der Waals surface area contributed by atoms with Gasteiger partial charge < -0.3 is 19.7 Å². The third-order valence-corrected chi connectivity index (χ3v) is 5.14. The summed E-state index contributed by atoms with van der Waals surface area (Å²) in [5.74, 6) is -0.581. The third kappa shape index (κ3) is 5.56. The molecular formula is C23H23N5O6. The average molecular weight is 465 g/mol. The number of aromatic nitrogens is 3. The van der Waals surface area contributed by atoms with Gasteiger partial charge in [0.1, 0.15) is 12.4 Å². The van der Waals surface area contributed by atoms with Gasteiger partial charge in [-0.1, -0.05) is 30.3 Å². The molecule has 4 rings (SSSR count). The van der Waals surface area contributed by atoms with Gasteiger partial charge in [0.25, 0.3) is 0 Å². The van der Waals surface area contributed by atoms with Crippen LogP contribution in [0.4, 0.5) is 5.69 Å². The van der Waals surface area contributed by atoms with Gasteiger partial charge >= 0.3 is 22.9 Å². The number of nitrogens with zero attached hydrogens (tertiary/aromatic N) is 3. The first-order chi connectivity index (χ1) is 16.5. The summed E-state index contributed by atoms with van der Waals surface area (Å²) in [7, 11) is 0. The van der Waals surface area contributed by atoms with Crippen LogP contribution in [0.25, 0.3) is 0 Å². The number of aromatic amines is 1. The Bertz CT molecular complexity index is 1290.